The van der Waals surface area contributed by atoms with E-state index in [9.17, 15) is 9.59 Å². The van der Waals surface area contributed by atoms with Gasteiger partial charge >= 0.3 is 12.0 Å². The van der Waals surface area contributed by atoms with Gasteiger partial charge in [-0.15, -0.1) is 0 Å². The van der Waals surface area contributed by atoms with Crippen LogP contribution in [0.2, 0.25) is 0 Å². The van der Waals surface area contributed by atoms with E-state index in [1.54, 1.807) is 0 Å². The van der Waals surface area contributed by atoms with Crippen LogP contribution < -0.4 is 5.32 Å². The summed E-state index contributed by atoms with van der Waals surface area (Å²) >= 11 is 0. The largest absolute Gasteiger partial charge is 0.481 e. The Morgan fingerprint density at radius 2 is 1.67 bits per heavy atom. The zero-order valence-electron chi connectivity index (χ0n) is 12.9. The zero-order chi connectivity index (χ0) is 15.1. The average molecular weight is 296 g/mol. The van der Waals surface area contributed by atoms with E-state index in [1.165, 1.54) is 32.1 Å². The number of carbonyl (C=O) groups is 2. The third kappa shape index (κ3) is 5.56. The Labute approximate surface area is 127 Å². The second kappa shape index (κ2) is 8.25. The lowest BCUT2D eigenvalue weighted by Gasteiger charge is -2.33. The second-order valence-corrected chi connectivity index (χ2v) is 6.54. The second-order valence-electron chi connectivity index (χ2n) is 6.54. The zero-order valence-corrected chi connectivity index (χ0v) is 12.9. The Balaban J connectivity index is 1.79. The van der Waals surface area contributed by atoms with Crippen LogP contribution in [-0.4, -0.2) is 41.1 Å². The first-order valence-corrected chi connectivity index (χ1v) is 8.42. The number of carboxylic acid groups (broad SMARTS) is 1. The molecule has 2 N–H and O–H groups in total. The molecule has 120 valence electrons. The number of urea groups is 1. The van der Waals surface area contributed by atoms with Crippen molar-refractivity contribution in [1.29, 1.82) is 0 Å². The Morgan fingerprint density at radius 3 is 2.33 bits per heavy atom. The van der Waals surface area contributed by atoms with E-state index >= 15 is 0 Å². The summed E-state index contributed by atoms with van der Waals surface area (Å²) in [6.07, 6.45) is 10.4. The van der Waals surface area contributed by atoms with Crippen LogP contribution in [-0.2, 0) is 4.79 Å². The molecule has 1 unspecified atom stereocenters. The molecule has 21 heavy (non-hydrogen) atoms. The van der Waals surface area contributed by atoms with E-state index in [4.69, 9.17) is 5.11 Å². The third-order valence-electron chi connectivity index (χ3n) is 4.70. The SMILES string of the molecule is O=C(O)CC1CCCN(C(=O)NC2CCCCCCC2)C1. The van der Waals surface area contributed by atoms with Gasteiger partial charge in [-0.1, -0.05) is 32.1 Å². The summed E-state index contributed by atoms with van der Waals surface area (Å²) in [6, 6.07) is 0.313. The minimum Gasteiger partial charge on any atom is -0.481 e. The smallest absolute Gasteiger partial charge is 0.317 e. The van der Waals surface area contributed by atoms with Gasteiger partial charge in [0, 0.05) is 25.6 Å². The fraction of sp³-hybridized carbons (Fsp3) is 0.875. The topological polar surface area (TPSA) is 69.6 Å². The first-order chi connectivity index (χ1) is 10.1. The molecule has 2 aliphatic rings. The van der Waals surface area contributed by atoms with E-state index in [2.05, 4.69) is 5.32 Å². The monoisotopic (exact) mass is 296 g/mol. The highest BCUT2D eigenvalue weighted by atomic mass is 16.4. The van der Waals surface area contributed by atoms with E-state index in [0.717, 1.165) is 32.2 Å². The van der Waals surface area contributed by atoms with Crippen molar-refractivity contribution in [2.75, 3.05) is 13.1 Å². The lowest BCUT2D eigenvalue weighted by atomic mass is 9.95. The first-order valence-electron chi connectivity index (χ1n) is 8.42. The van der Waals surface area contributed by atoms with Gasteiger partial charge in [-0.2, -0.15) is 0 Å². The third-order valence-corrected chi connectivity index (χ3v) is 4.70. The molecule has 0 aromatic carbocycles. The number of carboxylic acids is 1. The molecular formula is C16H28N2O3. The number of hydrogen-bond acceptors (Lipinski definition) is 2. The van der Waals surface area contributed by atoms with Gasteiger partial charge in [-0.3, -0.25) is 4.79 Å². The molecule has 1 aliphatic heterocycles. The van der Waals surface area contributed by atoms with E-state index in [1.807, 2.05) is 4.90 Å². The summed E-state index contributed by atoms with van der Waals surface area (Å²) < 4.78 is 0. The van der Waals surface area contributed by atoms with Gasteiger partial charge in [-0.05, 0) is 31.6 Å². The number of nitrogens with one attached hydrogen (secondary N) is 1. The van der Waals surface area contributed by atoms with Gasteiger partial charge in [0.15, 0.2) is 0 Å². The predicted molar refractivity (Wildman–Crippen MR) is 81.2 cm³/mol. The summed E-state index contributed by atoms with van der Waals surface area (Å²) in [4.78, 5) is 25.0. The molecule has 5 heteroatoms. The van der Waals surface area contributed by atoms with Gasteiger partial charge in [0.05, 0.1) is 0 Å². The number of hydrogen-bond donors (Lipinski definition) is 2. The molecule has 2 rings (SSSR count). The molecular weight excluding hydrogens is 268 g/mol. The number of piperidine rings is 1. The van der Waals surface area contributed by atoms with Crippen molar-refractivity contribution in [3.05, 3.63) is 0 Å². The highest BCUT2D eigenvalue weighted by Crippen LogP contribution is 2.21. The van der Waals surface area contributed by atoms with Crippen molar-refractivity contribution in [1.82, 2.24) is 10.2 Å². The number of rotatable bonds is 3. The fourth-order valence-corrected chi connectivity index (χ4v) is 3.53. The molecule has 0 spiro atoms. The molecule has 1 saturated carbocycles. The van der Waals surface area contributed by atoms with E-state index in [-0.39, 0.29) is 18.4 Å². The quantitative estimate of drug-likeness (QED) is 0.841. The minimum absolute atomic E-state index is 0.00987. The highest BCUT2D eigenvalue weighted by molar-refractivity contribution is 5.74. The summed E-state index contributed by atoms with van der Waals surface area (Å²) in [5.74, 6) is -0.651. The van der Waals surface area contributed by atoms with Crippen LogP contribution >= 0.6 is 0 Å². The fourth-order valence-electron chi connectivity index (χ4n) is 3.53. The van der Waals surface area contributed by atoms with Crippen molar-refractivity contribution < 1.29 is 14.7 Å². The van der Waals surface area contributed by atoms with Crippen molar-refractivity contribution in [3.63, 3.8) is 0 Å². The van der Waals surface area contributed by atoms with Crippen molar-refractivity contribution in [2.24, 2.45) is 5.92 Å². The Kier molecular flexibility index (Phi) is 6.33. The highest BCUT2D eigenvalue weighted by Gasteiger charge is 2.26. The standard InChI is InChI=1S/C16H28N2O3/c19-15(20)11-13-7-6-10-18(12-13)16(21)17-14-8-4-2-1-3-5-9-14/h13-14H,1-12H2,(H,17,21)(H,19,20). The molecule has 5 nitrogen and oxygen atoms in total. The van der Waals surface area contributed by atoms with Crippen LogP contribution in [0.15, 0.2) is 0 Å². The minimum atomic E-state index is -0.762. The average Bonchev–Trinajstić information content (AvgIpc) is 2.41. The number of aliphatic carboxylic acids is 1. The lowest BCUT2D eigenvalue weighted by Crippen LogP contribution is -2.49. The van der Waals surface area contributed by atoms with E-state index in [0.29, 0.717) is 12.6 Å². The Hall–Kier alpha value is -1.26. The maximum absolute atomic E-state index is 12.4. The normalized spacial score (nSPS) is 25.0. The molecule has 1 atom stereocenters. The summed E-state index contributed by atoms with van der Waals surface area (Å²) in [7, 11) is 0. The van der Waals surface area contributed by atoms with Crippen LogP contribution in [0.1, 0.15) is 64.2 Å². The van der Waals surface area contributed by atoms with Crippen LogP contribution in [0.25, 0.3) is 0 Å². The molecule has 0 radical (unpaired) electrons. The predicted octanol–water partition coefficient (Wildman–Crippen LogP) is 3.00. The van der Waals surface area contributed by atoms with Crippen LogP contribution in [0.3, 0.4) is 0 Å². The van der Waals surface area contributed by atoms with Crippen molar-refractivity contribution in [2.45, 2.75) is 70.3 Å². The van der Waals surface area contributed by atoms with Gasteiger partial charge < -0.3 is 15.3 Å². The molecule has 0 bridgehead atoms. The van der Waals surface area contributed by atoms with Gasteiger partial charge in [0.1, 0.15) is 0 Å². The number of nitrogens with zero attached hydrogens (tertiary/aromatic N) is 1. The number of carbonyl (C=O) groups excluding carboxylic acids is 1. The molecule has 0 aromatic heterocycles. The van der Waals surface area contributed by atoms with Crippen LogP contribution in [0.5, 0.6) is 0 Å². The lowest BCUT2D eigenvalue weighted by molar-refractivity contribution is -0.138. The van der Waals surface area contributed by atoms with Crippen LogP contribution in [0.4, 0.5) is 4.79 Å². The molecule has 1 saturated heterocycles. The number of likely N-dealkylation sites (tertiary alicyclic amines) is 1. The molecule has 1 aliphatic carbocycles. The molecule has 2 amide bonds. The Bertz CT molecular complexity index is 351. The molecule has 2 fully saturated rings. The molecule has 0 aromatic rings. The van der Waals surface area contributed by atoms with Gasteiger partial charge in [-0.25, -0.2) is 4.79 Å². The first kappa shape index (κ1) is 16.1. The van der Waals surface area contributed by atoms with E-state index < -0.39 is 5.97 Å². The summed E-state index contributed by atoms with van der Waals surface area (Å²) in [5.41, 5.74) is 0. The summed E-state index contributed by atoms with van der Waals surface area (Å²) in [5, 5.41) is 12.1. The van der Waals surface area contributed by atoms with Gasteiger partial charge in [0.2, 0.25) is 0 Å². The Morgan fingerprint density at radius 1 is 1.00 bits per heavy atom. The summed E-state index contributed by atoms with van der Waals surface area (Å²) in [6.45, 7) is 1.35. The van der Waals surface area contributed by atoms with Crippen molar-refractivity contribution >= 4 is 12.0 Å². The maximum Gasteiger partial charge on any atom is 0.317 e. The molecule has 1 heterocycles. The van der Waals surface area contributed by atoms with Gasteiger partial charge in [0.25, 0.3) is 0 Å². The van der Waals surface area contributed by atoms with Crippen molar-refractivity contribution in [3.8, 4) is 0 Å². The van der Waals surface area contributed by atoms with Crippen LogP contribution in [0, 0.1) is 5.92 Å². The maximum atomic E-state index is 12.4. The number of amides is 2.